The number of alkyl halides is 3. The molecule has 1 aromatic heterocycles. The molecule has 0 atom stereocenters. The zero-order valence-corrected chi connectivity index (χ0v) is 8.25. The maximum Gasteiger partial charge on any atom is 0.439 e. The Morgan fingerprint density at radius 1 is 1.06 bits per heavy atom. The monoisotopic (exact) mass is 228 g/mol. The van der Waals surface area contributed by atoms with Gasteiger partial charge in [0.1, 0.15) is 5.69 Å². The molecule has 0 aliphatic heterocycles. The largest absolute Gasteiger partial charge is 0.439 e. The molecule has 3 nitrogen and oxygen atoms in total. The van der Waals surface area contributed by atoms with Crippen molar-refractivity contribution in [1.82, 2.24) is 10.3 Å². The third-order valence-electron chi connectivity index (χ3n) is 2.08. The molecule has 0 amide bonds. The molecule has 0 spiro atoms. The van der Waals surface area contributed by atoms with Gasteiger partial charge >= 0.3 is 6.18 Å². The fraction of sp³-hybridized carbons (Fsp3) is 0.200. The molecule has 0 saturated heterocycles. The van der Waals surface area contributed by atoms with Crippen LogP contribution in [0.4, 0.5) is 13.2 Å². The molecule has 0 radical (unpaired) electrons. The predicted molar refractivity (Wildman–Crippen MR) is 49.5 cm³/mol. The summed E-state index contributed by atoms with van der Waals surface area (Å²) in [5.74, 6) is 0. The van der Waals surface area contributed by atoms with E-state index in [2.05, 4.69) is 14.9 Å². The van der Waals surface area contributed by atoms with E-state index in [9.17, 15) is 13.2 Å². The topological polar surface area (TPSA) is 38.9 Å². The maximum absolute atomic E-state index is 12.5. The highest BCUT2D eigenvalue weighted by Gasteiger charge is 2.39. The van der Waals surface area contributed by atoms with Crippen molar-refractivity contribution in [1.29, 1.82) is 0 Å². The van der Waals surface area contributed by atoms with Gasteiger partial charge in [-0.2, -0.15) is 13.2 Å². The van der Waals surface area contributed by atoms with E-state index in [1.54, 1.807) is 24.3 Å². The Kier molecular flexibility index (Phi) is 2.41. The normalized spacial score (nSPS) is 11.8. The molecular weight excluding hydrogens is 221 g/mol. The fourth-order valence-corrected chi connectivity index (χ4v) is 1.28. The van der Waals surface area contributed by atoms with Gasteiger partial charge in [-0.25, -0.2) is 4.63 Å². The number of benzene rings is 1. The first-order chi connectivity index (χ1) is 7.48. The molecule has 16 heavy (non-hydrogen) atoms. The summed E-state index contributed by atoms with van der Waals surface area (Å²) in [6.45, 7) is 1.84. The van der Waals surface area contributed by atoms with Gasteiger partial charge in [0.05, 0.1) is 0 Å². The van der Waals surface area contributed by atoms with Crippen LogP contribution < -0.4 is 0 Å². The van der Waals surface area contributed by atoms with Crippen molar-refractivity contribution in [2.75, 3.05) is 0 Å². The summed E-state index contributed by atoms with van der Waals surface area (Å²) in [4.78, 5) is 0. The second kappa shape index (κ2) is 3.62. The molecule has 2 aromatic rings. The Morgan fingerprint density at radius 2 is 1.69 bits per heavy atom. The standard InChI is InChI=1S/C10H7F3N2O/c1-6-2-4-7(5-3-6)8-9(10(11,12)13)15-16-14-8/h2-5H,1H3. The van der Waals surface area contributed by atoms with Crippen molar-refractivity contribution < 1.29 is 17.8 Å². The van der Waals surface area contributed by atoms with Crippen LogP contribution in [0.15, 0.2) is 28.9 Å². The van der Waals surface area contributed by atoms with E-state index in [0.29, 0.717) is 5.56 Å². The van der Waals surface area contributed by atoms with Crippen LogP contribution in [0.3, 0.4) is 0 Å². The zero-order valence-electron chi connectivity index (χ0n) is 8.25. The lowest BCUT2D eigenvalue weighted by molar-refractivity contribution is -0.142. The zero-order chi connectivity index (χ0) is 11.8. The number of nitrogens with zero attached hydrogens (tertiary/aromatic N) is 2. The van der Waals surface area contributed by atoms with Crippen LogP contribution in [-0.2, 0) is 6.18 Å². The van der Waals surface area contributed by atoms with Crippen LogP contribution in [0.1, 0.15) is 11.3 Å². The number of aryl methyl sites for hydroxylation is 1. The summed E-state index contributed by atoms with van der Waals surface area (Å²) in [7, 11) is 0. The SMILES string of the molecule is Cc1ccc(-c2nonc2C(F)(F)F)cc1. The summed E-state index contributed by atoms with van der Waals surface area (Å²) in [5.41, 5.74) is -0.100. The molecule has 1 aromatic carbocycles. The van der Waals surface area contributed by atoms with Gasteiger partial charge in [-0.05, 0) is 17.2 Å². The lowest BCUT2D eigenvalue weighted by Crippen LogP contribution is -2.07. The van der Waals surface area contributed by atoms with Crippen molar-refractivity contribution in [2.45, 2.75) is 13.1 Å². The lowest BCUT2D eigenvalue weighted by Gasteiger charge is -2.03. The molecule has 6 heteroatoms. The van der Waals surface area contributed by atoms with Crippen molar-refractivity contribution in [2.24, 2.45) is 0 Å². The number of hydrogen-bond acceptors (Lipinski definition) is 3. The van der Waals surface area contributed by atoms with Crippen molar-refractivity contribution in [3.8, 4) is 11.3 Å². The van der Waals surface area contributed by atoms with Crippen LogP contribution in [-0.4, -0.2) is 10.3 Å². The van der Waals surface area contributed by atoms with Crippen LogP contribution in [0, 0.1) is 6.92 Å². The highest BCUT2D eigenvalue weighted by atomic mass is 19.4. The Morgan fingerprint density at radius 3 is 2.25 bits per heavy atom. The first-order valence-electron chi connectivity index (χ1n) is 4.45. The highest BCUT2D eigenvalue weighted by molar-refractivity contribution is 5.61. The average molecular weight is 228 g/mol. The third-order valence-corrected chi connectivity index (χ3v) is 2.08. The fourth-order valence-electron chi connectivity index (χ4n) is 1.28. The van der Waals surface area contributed by atoms with E-state index in [-0.39, 0.29) is 5.69 Å². The van der Waals surface area contributed by atoms with Gasteiger partial charge in [0.15, 0.2) is 0 Å². The molecule has 2 rings (SSSR count). The molecule has 0 N–H and O–H groups in total. The van der Waals surface area contributed by atoms with Crippen molar-refractivity contribution >= 4 is 0 Å². The van der Waals surface area contributed by atoms with Crippen LogP contribution in [0.2, 0.25) is 0 Å². The molecule has 0 bridgehead atoms. The molecule has 84 valence electrons. The minimum Gasteiger partial charge on any atom is -0.243 e. The van der Waals surface area contributed by atoms with Gasteiger partial charge < -0.3 is 0 Å². The molecule has 1 heterocycles. The first kappa shape index (κ1) is 10.7. The minimum atomic E-state index is -4.56. The van der Waals surface area contributed by atoms with Crippen LogP contribution in [0.25, 0.3) is 11.3 Å². The Bertz CT molecular complexity index is 488. The number of rotatable bonds is 1. The summed E-state index contributed by atoms with van der Waals surface area (Å²) in [6.07, 6.45) is -4.56. The third kappa shape index (κ3) is 1.91. The second-order valence-electron chi connectivity index (χ2n) is 3.33. The maximum atomic E-state index is 12.5. The number of halogens is 3. The van der Waals surface area contributed by atoms with Crippen molar-refractivity contribution in [3.63, 3.8) is 0 Å². The quantitative estimate of drug-likeness (QED) is 0.752. The Hall–Kier alpha value is -1.85. The van der Waals surface area contributed by atoms with Gasteiger partial charge in [0.25, 0.3) is 0 Å². The summed E-state index contributed by atoms with van der Waals surface area (Å²) in [6, 6.07) is 6.49. The highest BCUT2D eigenvalue weighted by Crippen LogP contribution is 2.34. The van der Waals surface area contributed by atoms with Gasteiger partial charge in [-0.15, -0.1) is 0 Å². The average Bonchev–Trinajstić information content (AvgIpc) is 2.66. The second-order valence-corrected chi connectivity index (χ2v) is 3.33. The predicted octanol–water partition coefficient (Wildman–Crippen LogP) is 3.06. The van der Waals surface area contributed by atoms with Gasteiger partial charge in [0, 0.05) is 5.56 Å². The Labute approximate surface area is 88.9 Å². The van der Waals surface area contributed by atoms with E-state index in [4.69, 9.17) is 0 Å². The minimum absolute atomic E-state index is 0.285. The molecular formula is C10H7F3N2O. The number of aromatic nitrogens is 2. The summed E-state index contributed by atoms with van der Waals surface area (Å²) in [5, 5.41) is 6.15. The van der Waals surface area contributed by atoms with E-state index in [1.807, 2.05) is 6.92 Å². The Balaban J connectivity index is 2.49. The van der Waals surface area contributed by atoms with E-state index in [1.165, 1.54) is 0 Å². The lowest BCUT2D eigenvalue weighted by atomic mass is 10.1. The summed E-state index contributed by atoms with van der Waals surface area (Å²) < 4.78 is 41.6. The number of hydrogen-bond donors (Lipinski definition) is 0. The molecule has 0 aliphatic carbocycles. The van der Waals surface area contributed by atoms with E-state index >= 15 is 0 Å². The molecule has 0 unspecified atom stereocenters. The smallest absolute Gasteiger partial charge is 0.243 e. The molecule has 0 saturated carbocycles. The molecule has 0 fully saturated rings. The van der Waals surface area contributed by atoms with Crippen molar-refractivity contribution in [3.05, 3.63) is 35.5 Å². The van der Waals surface area contributed by atoms with Gasteiger partial charge in [-0.1, -0.05) is 29.8 Å². The van der Waals surface area contributed by atoms with E-state index < -0.39 is 11.9 Å². The first-order valence-corrected chi connectivity index (χ1v) is 4.45. The van der Waals surface area contributed by atoms with Gasteiger partial charge in [0.2, 0.25) is 5.69 Å². The van der Waals surface area contributed by atoms with Crippen LogP contribution in [0.5, 0.6) is 0 Å². The van der Waals surface area contributed by atoms with E-state index in [0.717, 1.165) is 5.56 Å². The molecule has 0 aliphatic rings. The van der Waals surface area contributed by atoms with Crippen LogP contribution >= 0.6 is 0 Å². The summed E-state index contributed by atoms with van der Waals surface area (Å²) >= 11 is 0. The van der Waals surface area contributed by atoms with Gasteiger partial charge in [-0.3, -0.25) is 0 Å².